The van der Waals surface area contributed by atoms with Crippen molar-refractivity contribution >= 4 is 17.5 Å². The molecule has 0 aliphatic carbocycles. The van der Waals surface area contributed by atoms with Gasteiger partial charge in [-0.05, 0) is 19.9 Å². The summed E-state index contributed by atoms with van der Waals surface area (Å²) in [6.07, 6.45) is 0.104. The summed E-state index contributed by atoms with van der Waals surface area (Å²) in [4.78, 5) is 8.84. The second kappa shape index (κ2) is 5.07. The monoisotopic (exact) mass is 280 g/mol. The van der Waals surface area contributed by atoms with Crippen LogP contribution in [0.25, 0.3) is 5.78 Å². The van der Waals surface area contributed by atoms with Crippen LogP contribution in [0.5, 0.6) is 0 Å². The van der Waals surface area contributed by atoms with Crippen LogP contribution in [0.2, 0.25) is 0 Å². The van der Waals surface area contributed by atoms with E-state index in [-0.39, 0.29) is 11.4 Å². The first kappa shape index (κ1) is 12.8. The van der Waals surface area contributed by atoms with Gasteiger partial charge in [-0.2, -0.15) is 4.98 Å². The number of ether oxygens (including phenoxy) is 2. The molecule has 102 valence electrons. The summed E-state index contributed by atoms with van der Waals surface area (Å²) < 4.78 is 12.6. The Morgan fingerprint density at radius 3 is 3.00 bits per heavy atom. The largest absolute Gasteiger partial charge is 0.378 e. The molecule has 6 nitrogen and oxygen atoms in total. The standard InChI is InChI=1S/C12H16N4O2S/c1-7-4-8(2)16-11(13-7)14-12(15-16)19-10-6-18-5-9(10)17-3/h4,9-10H,5-6H2,1-3H3/t9-,10+/m1/s1. The molecule has 1 fully saturated rings. The molecule has 0 N–H and O–H groups in total. The topological polar surface area (TPSA) is 61.5 Å². The van der Waals surface area contributed by atoms with E-state index >= 15 is 0 Å². The van der Waals surface area contributed by atoms with Gasteiger partial charge >= 0.3 is 0 Å². The molecular weight excluding hydrogens is 264 g/mol. The zero-order chi connectivity index (χ0) is 13.4. The second-order valence-electron chi connectivity index (χ2n) is 4.61. The van der Waals surface area contributed by atoms with Gasteiger partial charge in [-0.25, -0.2) is 9.50 Å². The molecular formula is C12H16N4O2S. The van der Waals surface area contributed by atoms with Crippen LogP contribution in [0.3, 0.4) is 0 Å². The maximum absolute atomic E-state index is 5.43. The van der Waals surface area contributed by atoms with E-state index in [1.54, 1.807) is 23.4 Å². The number of nitrogens with zero attached hydrogens (tertiary/aromatic N) is 4. The van der Waals surface area contributed by atoms with Gasteiger partial charge in [-0.15, -0.1) is 5.10 Å². The molecule has 0 amide bonds. The molecule has 1 saturated heterocycles. The van der Waals surface area contributed by atoms with E-state index in [2.05, 4.69) is 15.1 Å². The van der Waals surface area contributed by atoms with Gasteiger partial charge in [0.1, 0.15) is 0 Å². The van der Waals surface area contributed by atoms with E-state index in [1.165, 1.54) is 0 Å². The van der Waals surface area contributed by atoms with Crippen LogP contribution in [0, 0.1) is 13.8 Å². The summed E-state index contributed by atoms with van der Waals surface area (Å²) in [5, 5.41) is 5.44. The average Bonchev–Trinajstić information content (AvgIpc) is 2.95. The van der Waals surface area contributed by atoms with E-state index in [4.69, 9.17) is 9.47 Å². The highest BCUT2D eigenvalue weighted by Gasteiger charge is 2.30. The fourth-order valence-corrected chi connectivity index (χ4v) is 3.22. The van der Waals surface area contributed by atoms with Gasteiger partial charge < -0.3 is 9.47 Å². The Hall–Kier alpha value is -1.18. The van der Waals surface area contributed by atoms with Crippen LogP contribution in [0.4, 0.5) is 0 Å². The average molecular weight is 280 g/mol. The molecule has 3 rings (SSSR count). The minimum absolute atomic E-state index is 0.104. The number of thioether (sulfide) groups is 1. The smallest absolute Gasteiger partial charge is 0.253 e. The third-order valence-electron chi connectivity index (χ3n) is 3.14. The summed E-state index contributed by atoms with van der Waals surface area (Å²) in [7, 11) is 1.71. The van der Waals surface area contributed by atoms with Crippen LogP contribution >= 0.6 is 11.8 Å². The Morgan fingerprint density at radius 1 is 1.37 bits per heavy atom. The highest BCUT2D eigenvalue weighted by Crippen LogP contribution is 2.28. The van der Waals surface area contributed by atoms with Gasteiger partial charge in [0.25, 0.3) is 5.78 Å². The van der Waals surface area contributed by atoms with E-state index in [0.29, 0.717) is 19.0 Å². The molecule has 2 aromatic heterocycles. The molecule has 0 aromatic carbocycles. The van der Waals surface area contributed by atoms with E-state index in [0.717, 1.165) is 16.5 Å². The summed E-state index contributed by atoms with van der Waals surface area (Å²) >= 11 is 1.59. The number of rotatable bonds is 3. The molecule has 1 aliphatic rings. The lowest BCUT2D eigenvalue weighted by atomic mass is 10.3. The van der Waals surface area contributed by atoms with Crippen LogP contribution in [0.15, 0.2) is 11.2 Å². The van der Waals surface area contributed by atoms with Crippen LogP contribution in [0.1, 0.15) is 11.4 Å². The van der Waals surface area contributed by atoms with Crippen molar-refractivity contribution in [1.29, 1.82) is 0 Å². The number of hydrogen-bond acceptors (Lipinski definition) is 6. The molecule has 2 aromatic rings. The van der Waals surface area contributed by atoms with Gasteiger partial charge in [0.05, 0.1) is 24.6 Å². The number of aromatic nitrogens is 4. The molecule has 0 radical (unpaired) electrons. The van der Waals surface area contributed by atoms with Crippen molar-refractivity contribution in [2.75, 3.05) is 20.3 Å². The lowest BCUT2D eigenvalue weighted by molar-refractivity contribution is 0.0835. The molecule has 0 saturated carbocycles. The number of aryl methyl sites for hydroxylation is 2. The Labute approximate surface area is 115 Å². The third kappa shape index (κ3) is 2.45. The van der Waals surface area contributed by atoms with E-state index < -0.39 is 0 Å². The van der Waals surface area contributed by atoms with Crippen LogP contribution in [-0.2, 0) is 9.47 Å². The highest BCUT2D eigenvalue weighted by atomic mass is 32.2. The van der Waals surface area contributed by atoms with Gasteiger partial charge in [-0.1, -0.05) is 11.8 Å². The molecule has 0 spiro atoms. The molecule has 0 bridgehead atoms. The fourth-order valence-electron chi connectivity index (χ4n) is 2.18. The van der Waals surface area contributed by atoms with Crippen LogP contribution < -0.4 is 0 Å². The first-order valence-corrected chi connectivity index (χ1v) is 7.03. The number of fused-ring (bicyclic) bond motifs is 1. The summed E-state index contributed by atoms with van der Waals surface area (Å²) in [5.41, 5.74) is 1.99. The van der Waals surface area contributed by atoms with Crippen molar-refractivity contribution in [2.24, 2.45) is 0 Å². The minimum Gasteiger partial charge on any atom is -0.378 e. The van der Waals surface area contributed by atoms with Crippen LogP contribution in [-0.4, -0.2) is 51.3 Å². The SMILES string of the molecule is CO[C@@H]1COC[C@@H]1Sc1nc2nc(C)cc(C)n2n1. The van der Waals surface area contributed by atoms with E-state index in [1.807, 2.05) is 19.9 Å². The Bertz CT molecular complexity index is 601. The lowest BCUT2D eigenvalue weighted by Crippen LogP contribution is -2.23. The van der Waals surface area contributed by atoms with Gasteiger partial charge in [0.2, 0.25) is 5.16 Å². The number of hydrogen-bond donors (Lipinski definition) is 0. The first-order valence-electron chi connectivity index (χ1n) is 6.15. The highest BCUT2D eigenvalue weighted by molar-refractivity contribution is 7.99. The summed E-state index contributed by atoms with van der Waals surface area (Å²) in [5.74, 6) is 0.646. The lowest BCUT2D eigenvalue weighted by Gasteiger charge is -2.12. The fraction of sp³-hybridized carbons (Fsp3) is 0.583. The van der Waals surface area contributed by atoms with Gasteiger partial charge in [0.15, 0.2) is 0 Å². The Kier molecular flexibility index (Phi) is 3.42. The van der Waals surface area contributed by atoms with Crippen molar-refractivity contribution in [3.05, 3.63) is 17.5 Å². The zero-order valence-corrected chi connectivity index (χ0v) is 12.0. The maximum Gasteiger partial charge on any atom is 0.253 e. The summed E-state index contributed by atoms with van der Waals surface area (Å²) in [6.45, 7) is 5.27. The molecule has 7 heteroatoms. The molecule has 1 aliphatic heterocycles. The first-order chi connectivity index (χ1) is 9.17. The van der Waals surface area contributed by atoms with Crippen molar-refractivity contribution < 1.29 is 9.47 Å². The van der Waals surface area contributed by atoms with Crippen molar-refractivity contribution in [1.82, 2.24) is 19.6 Å². The predicted molar refractivity (Wildman–Crippen MR) is 71.5 cm³/mol. The third-order valence-corrected chi connectivity index (χ3v) is 4.26. The Balaban J connectivity index is 1.87. The normalized spacial score (nSPS) is 23.3. The minimum atomic E-state index is 0.104. The Morgan fingerprint density at radius 2 is 2.21 bits per heavy atom. The van der Waals surface area contributed by atoms with Crippen molar-refractivity contribution in [3.8, 4) is 0 Å². The van der Waals surface area contributed by atoms with Gasteiger partial charge in [-0.3, -0.25) is 0 Å². The zero-order valence-electron chi connectivity index (χ0n) is 11.2. The molecule has 19 heavy (non-hydrogen) atoms. The predicted octanol–water partition coefficient (Wildman–Crippen LogP) is 1.25. The maximum atomic E-state index is 5.43. The quantitative estimate of drug-likeness (QED) is 0.843. The second-order valence-corrected chi connectivity index (χ2v) is 5.82. The molecule has 0 unspecified atom stereocenters. The van der Waals surface area contributed by atoms with Crippen molar-refractivity contribution in [2.45, 2.75) is 30.4 Å². The number of methoxy groups -OCH3 is 1. The molecule has 3 heterocycles. The van der Waals surface area contributed by atoms with E-state index in [9.17, 15) is 0 Å². The van der Waals surface area contributed by atoms with Gasteiger partial charge in [0, 0.05) is 18.5 Å². The summed E-state index contributed by atoms with van der Waals surface area (Å²) in [6, 6.07) is 1.99. The molecule has 2 atom stereocenters. The van der Waals surface area contributed by atoms with Crippen molar-refractivity contribution in [3.63, 3.8) is 0 Å².